The molecule has 2 aromatic heterocycles. The maximum atomic E-state index is 15.1. The van der Waals surface area contributed by atoms with Gasteiger partial charge in [-0.3, -0.25) is 0 Å². The molecule has 170 valence electrons. The molecule has 0 N–H and O–H groups in total. The van der Waals surface area contributed by atoms with Crippen molar-refractivity contribution in [1.29, 1.82) is 0 Å². The van der Waals surface area contributed by atoms with E-state index in [0.29, 0.717) is 20.9 Å². The van der Waals surface area contributed by atoms with E-state index in [1.165, 1.54) is 13.8 Å². The molecule has 10 heteroatoms. The molecule has 0 saturated carbocycles. The van der Waals surface area contributed by atoms with Crippen molar-refractivity contribution in [2.45, 2.75) is 58.7 Å². The summed E-state index contributed by atoms with van der Waals surface area (Å²) in [7, 11) is 0. The first-order valence-electron chi connectivity index (χ1n) is 9.56. The lowest BCUT2D eigenvalue weighted by Gasteiger charge is -2.25. The van der Waals surface area contributed by atoms with E-state index in [-0.39, 0.29) is 47.3 Å². The number of hydrogen-bond donors (Lipinski definition) is 0. The summed E-state index contributed by atoms with van der Waals surface area (Å²) in [6.07, 6.45) is 0. The summed E-state index contributed by atoms with van der Waals surface area (Å²) < 4.78 is 101. The summed E-state index contributed by atoms with van der Waals surface area (Å²) in [6, 6.07) is 0. The van der Waals surface area contributed by atoms with Gasteiger partial charge in [-0.25, -0.2) is 0 Å². The summed E-state index contributed by atoms with van der Waals surface area (Å²) >= 11 is 1.64. The number of fused-ring (bicyclic) bond motifs is 6. The first kappa shape index (κ1) is 22.8. The highest BCUT2D eigenvalue weighted by Crippen LogP contribution is 2.66. The van der Waals surface area contributed by atoms with Crippen molar-refractivity contribution in [3.05, 3.63) is 41.8 Å². The number of aryl methyl sites for hydroxylation is 2. The molecule has 0 radical (unpaired) electrons. The second-order valence-corrected chi connectivity index (χ2v) is 10.2. The minimum atomic E-state index is -5.55. The van der Waals surface area contributed by atoms with Gasteiger partial charge in [0.05, 0.1) is 37.6 Å². The van der Waals surface area contributed by atoms with Crippen molar-refractivity contribution in [2.75, 3.05) is 13.2 Å². The van der Waals surface area contributed by atoms with E-state index in [1.807, 2.05) is 0 Å². The molecular formula is C21H20F6O2S2. The van der Waals surface area contributed by atoms with Crippen molar-refractivity contribution in [2.24, 2.45) is 0 Å². The second-order valence-electron chi connectivity index (χ2n) is 7.76. The van der Waals surface area contributed by atoms with Crippen LogP contribution in [-0.4, -0.2) is 31.0 Å². The van der Waals surface area contributed by atoms with Crippen molar-refractivity contribution in [3.63, 3.8) is 0 Å². The van der Waals surface area contributed by atoms with Crippen molar-refractivity contribution >= 4 is 33.8 Å². The van der Waals surface area contributed by atoms with Gasteiger partial charge < -0.3 is 9.47 Å². The van der Waals surface area contributed by atoms with Gasteiger partial charge in [0.2, 0.25) is 0 Å². The van der Waals surface area contributed by atoms with Crippen molar-refractivity contribution in [1.82, 2.24) is 0 Å². The van der Waals surface area contributed by atoms with Gasteiger partial charge in [-0.1, -0.05) is 0 Å². The Bertz CT molecular complexity index is 998. The fourth-order valence-corrected chi connectivity index (χ4v) is 6.59. The van der Waals surface area contributed by atoms with Crippen LogP contribution in [-0.2, 0) is 22.7 Å². The van der Waals surface area contributed by atoms with Gasteiger partial charge in [0.15, 0.2) is 0 Å². The maximum Gasteiger partial charge on any atom is 0.380 e. The molecule has 0 amide bonds. The molecule has 0 fully saturated rings. The number of alkyl halides is 6. The Balaban J connectivity index is 2.12. The molecule has 2 nitrogen and oxygen atoms in total. The zero-order valence-corrected chi connectivity index (χ0v) is 18.9. The average molecular weight is 483 g/mol. The van der Waals surface area contributed by atoms with Crippen LogP contribution in [0.5, 0.6) is 0 Å². The highest BCUT2D eigenvalue weighted by Gasteiger charge is 2.80. The molecule has 0 saturated heterocycles. The van der Waals surface area contributed by atoms with Gasteiger partial charge in [-0.2, -0.15) is 26.3 Å². The first-order chi connectivity index (χ1) is 14.3. The Morgan fingerprint density at radius 2 is 1.00 bits per heavy atom. The van der Waals surface area contributed by atoms with Crippen LogP contribution in [0, 0.1) is 27.7 Å². The fourth-order valence-electron chi connectivity index (χ4n) is 4.09. The fraction of sp³-hybridized carbons (Fsp3) is 0.524. The van der Waals surface area contributed by atoms with Gasteiger partial charge in [0.25, 0.3) is 0 Å². The normalized spacial score (nSPS) is 22.4. The Labute approximate surface area is 183 Å². The number of halogens is 6. The maximum absolute atomic E-state index is 15.1. The predicted octanol–water partition coefficient (Wildman–Crippen LogP) is 6.92. The molecule has 0 aromatic carbocycles. The third kappa shape index (κ3) is 3.05. The third-order valence-corrected chi connectivity index (χ3v) is 8.47. The van der Waals surface area contributed by atoms with E-state index >= 15 is 17.6 Å². The van der Waals surface area contributed by atoms with Crippen LogP contribution in [0.15, 0.2) is 0 Å². The Hall–Kier alpha value is -1.36. The van der Waals surface area contributed by atoms with Gasteiger partial charge in [-0.05, 0) is 49.9 Å². The quantitative estimate of drug-likeness (QED) is 0.380. The highest BCUT2D eigenvalue weighted by atomic mass is 32.1. The average Bonchev–Trinajstić information content (AvgIpc) is 3.13. The van der Waals surface area contributed by atoms with Crippen LogP contribution in [0.2, 0.25) is 0 Å². The Morgan fingerprint density at radius 1 is 0.645 bits per heavy atom. The number of allylic oxidation sites excluding steroid dienone is 2. The van der Waals surface area contributed by atoms with E-state index in [1.54, 1.807) is 13.8 Å². The van der Waals surface area contributed by atoms with E-state index in [4.69, 9.17) is 9.47 Å². The van der Waals surface area contributed by atoms with Crippen LogP contribution < -0.4 is 0 Å². The minimum absolute atomic E-state index is 0.0523. The largest absolute Gasteiger partial charge is 0.380 e. The molecule has 0 atom stereocenters. The van der Waals surface area contributed by atoms with Gasteiger partial charge in [0.1, 0.15) is 0 Å². The summed E-state index contributed by atoms with van der Waals surface area (Å²) in [6.45, 7) is 6.83. The van der Waals surface area contributed by atoms with Gasteiger partial charge in [-0.15, -0.1) is 22.7 Å². The van der Waals surface area contributed by atoms with Crippen LogP contribution in [0.1, 0.15) is 41.8 Å². The van der Waals surface area contributed by atoms with Crippen LogP contribution >= 0.6 is 22.7 Å². The minimum Gasteiger partial charge on any atom is -0.374 e. The molecule has 1 aliphatic heterocycles. The molecule has 4 bridgehead atoms. The Kier molecular flexibility index (Phi) is 5.39. The van der Waals surface area contributed by atoms with Crippen molar-refractivity contribution in [3.8, 4) is 0 Å². The molecule has 4 rings (SSSR count). The van der Waals surface area contributed by atoms with Crippen LogP contribution in [0.3, 0.4) is 0 Å². The predicted molar refractivity (Wildman–Crippen MR) is 109 cm³/mol. The SMILES string of the molecule is Cc1sc2c(C)c1COCCOCc1c(C)sc(c1C)C1=C2C(F)(F)C(F)(F)C1(F)F. The molecule has 2 aromatic rings. The van der Waals surface area contributed by atoms with E-state index < -0.39 is 28.9 Å². The number of hydrogen-bond acceptors (Lipinski definition) is 4. The van der Waals surface area contributed by atoms with E-state index in [0.717, 1.165) is 22.7 Å². The van der Waals surface area contributed by atoms with Gasteiger partial charge in [0, 0.05) is 19.5 Å². The third-order valence-electron chi connectivity index (χ3n) is 5.93. The summed E-state index contributed by atoms with van der Waals surface area (Å²) in [5, 5.41) is 0. The standard InChI is InChI=1S/C21H20F6O2S2/c1-9-13-7-28-5-6-29-8-14-10(2)18(31-12(14)4)16-15(17(9)30-11(13)3)19(22,23)21(26,27)20(16,24)25/h5-8H2,1-4H3. The lowest BCUT2D eigenvalue weighted by Crippen LogP contribution is -2.48. The smallest absolute Gasteiger partial charge is 0.374 e. The molecule has 3 heterocycles. The molecule has 0 spiro atoms. The molecule has 0 unspecified atom stereocenters. The molecular weight excluding hydrogens is 462 g/mol. The highest BCUT2D eigenvalue weighted by molar-refractivity contribution is 7.14. The lowest BCUT2D eigenvalue weighted by atomic mass is 9.98. The van der Waals surface area contributed by atoms with E-state index in [2.05, 4.69) is 0 Å². The summed E-state index contributed by atoms with van der Waals surface area (Å²) in [4.78, 5) is 0.634. The van der Waals surface area contributed by atoms with E-state index in [9.17, 15) is 8.78 Å². The lowest BCUT2D eigenvalue weighted by molar-refractivity contribution is -0.254. The second kappa shape index (κ2) is 7.33. The zero-order chi connectivity index (χ0) is 22.9. The van der Waals surface area contributed by atoms with Gasteiger partial charge >= 0.3 is 17.8 Å². The van der Waals surface area contributed by atoms with Crippen LogP contribution in [0.25, 0.3) is 11.1 Å². The summed E-state index contributed by atoms with van der Waals surface area (Å²) in [5.74, 6) is -15.6. The first-order valence-corrected chi connectivity index (χ1v) is 11.2. The summed E-state index contributed by atoms with van der Waals surface area (Å²) in [5.41, 5.74) is -0.975. The Morgan fingerprint density at radius 3 is 1.35 bits per heavy atom. The number of thiophene rings is 2. The van der Waals surface area contributed by atoms with Crippen molar-refractivity contribution < 1.29 is 35.8 Å². The molecule has 2 aliphatic rings. The van der Waals surface area contributed by atoms with Crippen LogP contribution in [0.4, 0.5) is 26.3 Å². The molecule has 1 aliphatic carbocycles. The number of rotatable bonds is 0. The topological polar surface area (TPSA) is 18.5 Å². The molecule has 31 heavy (non-hydrogen) atoms. The monoisotopic (exact) mass is 482 g/mol. The zero-order valence-electron chi connectivity index (χ0n) is 17.2. The number of ether oxygens (including phenoxy) is 2.